The molecule has 3 atom stereocenters. The van der Waals surface area contributed by atoms with E-state index >= 15 is 0 Å². The second kappa shape index (κ2) is 5.15. The first-order valence-electron chi connectivity index (χ1n) is 6.09. The number of amides is 1. The lowest BCUT2D eigenvalue weighted by atomic mass is 9.99. The van der Waals surface area contributed by atoms with Crippen LogP contribution in [-0.2, 0) is 9.53 Å². The van der Waals surface area contributed by atoms with E-state index in [-0.39, 0.29) is 18.1 Å². The van der Waals surface area contributed by atoms with Crippen molar-refractivity contribution in [2.75, 3.05) is 13.7 Å². The Hall–Kier alpha value is -0.610. The van der Waals surface area contributed by atoms with Gasteiger partial charge in [0.15, 0.2) is 0 Å². The predicted octanol–water partition coefficient (Wildman–Crippen LogP) is 1.36. The summed E-state index contributed by atoms with van der Waals surface area (Å²) in [6.45, 7) is 8.75. The van der Waals surface area contributed by atoms with Gasteiger partial charge in [-0.25, -0.2) is 0 Å². The van der Waals surface area contributed by atoms with Crippen LogP contribution in [0.2, 0.25) is 0 Å². The fourth-order valence-electron chi connectivity index (χ4n) is 2.38. The average Bonchev–Trinajstić information content (AvgIpc) is 2.48. The molecule has 0 aromatic heterocycles. The smallest absolute Gasteiger partial charge is 0.244 e. The standard InChI is InChI=1S/C12H24N2O2/c1-6-10(8-16-5)14-9(3)13-12(4,7-2)11(14)15/h9-10,13H,6-8H2,1-5H3. The Bertz CT molecular complexity index is 257. The molecule has 1 aliphatic rings. The Kier molecular flexibility index (Phi) is 4.33. The van der Waals surface area contributed by atoms with Gasteiger partial charge in [0.05, 0.1) is 24.4 Å². The molecule has 4 nitrogen and oxygen atoms in total. The van der Waals surface area contributed by atoms with Gasteiger partial charge < -0.3 is 9.64 Å². The molecule has 0 radical (unpaired) electrons. The van der Waals surface area contributed by atoms with Gasteiger partial charge in [0, 0.05) is 7.11 Å². The molecule has 0 spiro atoms. The van der Waals surface area contributed by atoms with Crippen LogP contribution in [0, 0.1) is 0 Å². The fourth-order valence-corrected chi connectivity index (χ4v) is 2.38. The quantitative estimate of drug-likeness (QED) is 0.772. The van der Waals surface area contributed by atoms with Crippen molar-refractivity contribution < 1.29 is 9.53 Å². The molecule has 94 valence electrons. The van der Waals surface area contributed by atoms with Gasteiger partial charge in [-0.1, -0.05) is 13.8 Å². The monoisotopic (exact) mass is 228 g/mol. The lowest BCUT2D eigenvalue weighted by Gasteiger charge is -2.30. The maximum absolute atomic E-state index is 12.4. The van der Waals surface area contributed by atoms with Crippen molar-refractivity contribution in [1.29, 1.82) is 0 Å². The minimum atomic E-state index is -0.402. The van der Waals surface area contributed by atoms with Crippen LogP contribution in [0.1, 0.15) is 40.5 Å². The first-order chi connectivity index (χ1) is 7.50. The zero-order valence-electron chi connectivity index (χ0n) is 11.0. The van der Waals surface area contributed by atoms with E-state index in [4.69, 9.17) is 4.74 Å². The lowest BCUT2D eigenvalue weighted by Crippen LogP contribution is -2.46. The number of methoxy groups -OCH3 is 1. The van der Waals surface area contributed by atoms with E-state index in [1.54, 1.807) is 7.11 Å². The second-order valence-electron chi connectivity index (χ2n) is 4.74. The van der Waals surface area contributed by atoms with Crippen LogP contribution in [0.25, 0.3) is 0 Å². The molecule has 1 amide bonds. The van der Waals surface area contributed by atoms with Gasteiger partial charge in [-0.05, 0) is 26.7 Å². The summed E-state index contributed by atoms with van der Waals surface area (Å²) in [4.78, 5) is 14.3. The molecule has 1 saturated heterocycles. The maximum Gasteiger partial charge on any atom is 0.244 e. The number of hydrogen-bond acceptors (Lipinski definition) is 3. The number of carbonyl (C=O) groups excluding carboxylic acids is 1. The Balaban J connectivity index is 2.84. The molecule has 0 bridgehead atoms. The molecule has 1 N–H and O–H groups in total. The molecular formula is C12H24N2O2. The van der Waals surface area contributed by atoms with E-state index in [2.05, 4.69) is 12.2 Å². The Morgan fingerprint density at radius 1 is 1.56 bits per heavy atom. The van der Waals surface area contributed by atoms with Crippen LogP contribution in [0.15, 0.2) is 0 Å². The van der Waals surface area contributed by atoms with Gasteiger partial charge >= 0.3 is 0 Å². The molecule has 1 aliphatic heterocycles. The van der Waals surface area contributed by atoms with Gasteiger partial charge in [-0.15, -0.1) is 0 Å². The molecule has 4 heteroatoms. The van der Waals surface area contributed by atoms with Crippen LogP contribution in [0.4, 0.5) is 0 Å². The predicted molar refractivity (Wildman–Crippen MR) is 64.1 cm³/mol. The van der Waals surface area contributed by atoms with Crippen LogP contribution >= 0.6 is 0 Å². The van der Waals surface area contributed by atoms with Crippen molar-refractivity contribution in [2.24, 2.45) is 0 Å². The number of hydrogen-bond donors (Lipinski definition) is 1. The Labute approximate surface area is 98.3 Å². The van der Waals surface area contributed by atoms with Crippen molar-refractivity contribution in [3.05, 3.63) is 0 Å². The average molecular weight is 228 g/mol. The van der Waals surface area contributed by atoms with E-state index < -0.39 is 5.54 Å². The third kappa shape index (κ3) is 2.23. The first kappa shape index (κ1) is 13.5. The number of rotatable bonds is 5. The van der Waals surface area contributed by atoms with E-state index in [0.717, 1.165) is 12.8 Å². The van der Waals surface area contributed by atoms with Gasteiger partial charge in [-0.3, -0.25) is 10.1 Å². The first-order valence-corrected chi connectivity index (χ1v) is 6.09. The largest absolute Gasteiger partial charge is 0.383 e. The van der Waals surface area contributed by atoms with E-state index in [1.807, 2.05) is 25.7 Å². The topological polar surface area (TPSA) is 41.6 Å². The molecule has 1 heterocycles. The van der Waals surface area contributed by atoms with E-state index in [0.29, 0.717) is 6.61 Å². The molecule has 0 saturated carbocycles. The van der Waals surface area contributed by atoms with Crippen LogP contribution in [0.5, 0.6) is 0 Å². The number of nitrogens with zero attached hydrogens (tertiary/aromatic N) is 1. The summed E-state index contributed by atoms with van der Waals surface area (Å²) in [7, 11) is 1.68. The zero-order valence-corrected chi connectivity index (χ0v) is 11.0. The summed E-state index contributed by atoms with van der Waals surface area (Å²) in [5, 5.41) is 3.37. The molecule has 1 fully saturated rings. The summed E-state index contributed by atoms with van der Waals surface area (Å²) in [5.41, 5.74) is -0.402. The Morgan fingerprint density at radius 2 is 2.19 bits per heavy atom. The van der Waals surface area contributed by atoms with Gasteiger partial charge in [0.2, 0.25) is 5.91 Å². The SMILES string of the molecule is CCC(COC)N1C(=O)C(C)(CC)NC1C. The van der Waals surface area contributed by atoms with Crippen molar-refractivity contribution in [1.82, 2.24) is 10.2 Å². The molecule has 0 aromatic rings. The minimum absolute atomic E-state index is 0.0950. The highest BCUT2D eigenvalue weighted by molar-refractivity contribution is 5.88. The second-order valence-corrected chi connectivity index (χ2v) is 4.74. The van der Waals surface area contributed by atoms with Crippen molar-refractivity contribution in [3.63, 3.8) is 0 Å². The maximum atomic E-state index is 12.4. The fraction of sp³-hybridized carbons (Fsp3) is 0.917. The molecule has 0 aromatic carbocycles. The van der Waals surface area contributed by atoms with Gasteiger partial charge in [0.1, 0.15) is 0 Å². The third-order valence-electron chi connectivity index (χ3n) is 3.58. The van der Waals surface area contributed by atoms with Gasteiger partial charge in [0.25, 0.3) is 0 Å². The summed E-state index contributed by atoms with van der Waals surface area (Å²) < 4.78 is 5.18. The third-order valence-corrected chi connectivity index (χ3v) is 3.58. The summed E-state index contributed by atoms with van der Waals surface area (Å²) in [6, 6.07) is 0.174. The summed E-state index contributed by atoms with van der Waals surface area (Å²) >= 11 is 0. The Morgan fingerprint density at radius 3 is 2.56 bits per heavy atom. The highest BCUT2D eigenvalue weighted by Gasteiger charge is 2.46. The molecule has 16 heavy (non-hydrogen) atoms. The molecular weight excluding hydrogens is 204 g/mol. The van der Waals surface area contributed by atoms with E-state index in [1.165, 1.54) is 0 Å². The number of ether oxygens (including phenoxy) is 1. The van der Waals surface area contributed by atoms with Crippen LogP contribution in [0.3, 0.4) is 0 Å². The highest BCUT2D eigenvalue weighted by atomic mass is 16.5. The van der Waals surface area contributed by atoms with Crippen molar-refractivity contribution in [3.8, 4) is 0 Å². The molecule has 1 rings (SSSR count). The highest BCUT2D eigenvalue weighted by Crippen LogP contribution is 2.26. The lowest BCUT2D eigenvalue weighted by molar-refractivity contribution is -0.136. The van der Waals surface area contributed by atoms with Crippen LogP contribution in [-0.4, -0.2) is 42.3 Å². The van der Waals surface area contributed by atoms with Crippen LogP contribution < -0.4 is 5.32 Å². The molecule has 0 aliphatic carbocycles. The van der Waals surface area contributed by atoms with Gasteiger partial charge in [-0.2, -0.15) is 0 Å². The zero-order chi connectivity index (χ0) is 12.3. The van der Waals surface area contributed by atoms with E-state index in [9.17, 15) is 4.79 Å². The van der Waals surface area contributed by atoms with Crippen molar-refractivity contribution in [2.45, 2.75) is 58.3 Å². The number of nitrogens with one attached hydrogen (secondary N) is 1. The summed E-state index contributed by atoms with van der Waals surface area (Å²) in [5.74, 6) is 0.200. The number of carbonyl (C=O) groups is 1. The van der Waals surface area contributed by atoms with Crippen molar-refractivity contribution >= 4 is 5.91 Å². The molecule has 3 unspecified atom stereocenters. The summed E-state index contributed by atoms with van der Waals surface area (Å²) in [6.07, 6.45) is 1.83. The minimum Gasteiger partial charge on any atom is -0.383 e. The normalized spacial score (nSPS) is 32.2.